The number of nitro benzene ring substituents is 1. The summed E-state index contributed by atoms with van der Waals surface area (Å²) in [4.78, 5) is 10.3. The zero-order chi connectivity index (χ0) is 16.9. The van der Waals surface area contributed by atoms with E-state index >= 15 is 0 Å². The van der Waals surface area contributed by atoms with E-state index in [4.69, 9.17) is 4.74 Å². The molecule has 23 heavy (non-hydrogen) atoms. The maximum Gasteiger partial charge on any atom is 0.275 e. The fourth-order valence-corrected chi connectivity index (χ4v) is 2.42. The summed E-state index contributed by atoms with van der Waals surface area (Å²) in [6.45, 7) is 3.95. The minimum absolute atomic E-state index is 0.0729. The summed E-state index contributed by atoms with van der Waals surface area (Å²) in [6, 6.07) is 4.50. The summed E-state index contributed by atoms with van der Waals surface area (Å²) in [7, 11) is 0. The van der Waals surface area contributed by atoms with Gasteiger partial charge in [-0.2, -0.15) is 0 Å². The van der Waals surface area contributed by atoms with E-state index < -0.39 is 4.92 Å². The number of aliphatic hydroxyl groups is 1. The number of hydrogen-bond acceptors (Lipinski definition) is 4. The predicted octanol–water partition coefficient (Wildman–Crippen LogP) is 4.77. The highest BCUT2D eigenvalue weighted by Crippen LogP contribution is 2.24. The van der Waals surface area contributed by atoms with Crippen LogP contribution in [0.1, 0.15) is 56.9 Å². The second kappa shape index (κ2) is 11.7. The molecule has 0 fully saturated rings. The highest BCUT2D eigenvalue weighted by Gasteiger charge is 2.13. The molecule has 0 aliphatic rings. The van der Waals surface area contributed by atoms with Gasteiger partial charge in [0.05, 0.1) is 23.7 Å². The quantitative estimate of drug-likeness (QED) is 0.246. The topological polar surface area (TPSA) is 72.6 Å². The van der Waals surface area contributed by atoms with Crippen molar-refractivity contribution in [2.24, 2.45) is 0 Å². The Labute approximate surface area is 138 Å². The lowest BCUT2D eigenvalue weighted by Gasteiger charge is -2.08. The van der Waals surface area contributed by atoms with Gasteiger partial charge in [-0.25, -0.2) is 0 Å². The minimum atomic E-state index is -0.496. The first-order valence-corrected chi connectivity index (χ1v) is 8.31. The number of hydrogen-bond donors (Lipinski definition) is 1. The van der Waals surface area contributed by atoms with E-state index in [1.807, 2.05) is 6.08 Å². The van der Waals surface area contributed by atoms with Crippen molar-refractivity contribution in [1.29, 1.82) is 0 Å². The molecule has 1 aromatic rings. The fourth-order valence-electron chi connectivity index (χ4n) is 2.42. The monoisotopic (exact) mass is 321 g/mol. The van der Waals surface area contributed by atoms with Crippen LogP contribution in [0.4, 0.5) is 5.69 Å². The van der Waals surface area contributed by atoms with E-state index in [0.717, 1.165) is 19.3 Å². The van der Waals surface area contributed by atoms with Crippen LogP contribution in [-0.2, 0) is 6.61 Å². The molecule has 0 aromatic heterocycles. The van der Waals surface area contributed by atoms with E-state index in [1.54, 1.807) is 6.07 Å². The second-order valence-corrected chi connectivity index (χ2v) is 5.61. The van der Waals surface area contributed by atoms with Gasteiger partial charge in [-0.15, -0.1) is 6.58 Å². The van der Waals surface area contributed by atoms with Crippen molar-refractivity contribution >= 4 is 5.69 Å². The third-order valence-electron chi connectivity index (χ3n) is 3.74. The van der Waals surface area contributed by atoms with Gasteiger partial charge in [-0.3, -0.25) is 10.1 Å². The fraction of sp³-hybridized carbons (Fsp3) is 0.556. The summed E-state index contributed by atoms with van der Waals surface area (Å²) < 4.78 is 5.60. The third kappa shape index (κ3) is 7.79. The standard InChI is InChI=1S/C18H27NO4/c1-2-3-4-5-6-7-8-9-10-13-23-17-11-12-18(19(21)22)16(14-17)15-20/h2,11-12,14,20H,1,3-10,13,15H2. The van der Waals surface area contributed by atoms with Gasteiger partial charge in [0.15, 0.2) is 0 Å². The first kappa shape index (κ1) is 19.2. The summed E-state index contributed by atoms with van der Waals surface area (Å²) in [5.74, 6) is 0.573. The van der Waals surface area contributed by atoms with Gasteiger partial charge in [0.2, 0.25) is 0 Å². The Morgan fingerprint density at radius 2 is 1.78 bits per heavy atom. The van der Waals surface area contributed by atoms with E-state index in [1.165, 1.54) is 44.2 Å². The Bertz CT molecular complexity index is 488. The Balaban J connectivity index is 2.16. The molecule has 0 atom stereocenters. The highest BCUT2D eigenvalue weighted by molar-refractivity contribution is 5.44. The van der Waals surface area contributed by atoms with Crippen LogP contribution >= 0.6 is 0 Å². The molecule has 1 N–H and O–H groups in total. The SMILES string of the molecule is C=CCCCCCCCCCOc1ccc([N+](=O)[O-])c(CO)c1. The molecule has 0 unspecified atom stereocenters. The number of rotatable bonds is 13. The van der Waals surface area contributed by atoms with Gasteiger partial charge < -0.3 is 9.84 Å². The molecule has 0 amide bonds. The second-order valence-electron chi connectivity index (χ2n) is 5.61. The first-order valence-electron chi connectivity index (χ1n) is 8.31. The summed E-state index contributed by atoms with van der Waals surface area (Å²) in [5.41, 5.74) is 0.211. The normalized spacial score (nSPS) is 10.5. The third-order valence-corrected chi connectivity index (χ3v) is 3.74. The van der Waals surface area contributed by atoms with Crippen molar-refractivity contribution in [2.75, 3.05) is 6.61 Å². The lowest BCUT2D eigenvalue weighted by Crippen LogP contribution is -2.00. The van der Waals surface area contributed by atoms with Crippen LogP contribution in [0.25, 0.3) is 0 Å². The number of unbranched alkanes of at least 4 members (excludes halogenated alkanes) is 7. The van der Waals surface area contributed by atoms with Crippen LogP contribution < -0.4 is 4.74 Å². The lowest BCUT2D eigenvalue weighted by molar-refractivity contribution is -0.385. The van der Waals surface area contributed by atoms with Crippen LogP contribution in [0.5, 0.6) is 5.75 Å². The van der Waals surface area contributed by atoms with Crippen molar-refractivity contribution in [1.82, 2.24) is 0 Å². The van der Waals surface area contributed by atoms with E-state index in [0.29, 0.717) is 12.4 Å². The lowest BCUT2D eigenvalue weighted by atomic mass is 10.1. The average molecular weight is 321 g/mol. The summed E-state index contributed by atoms with van der Waals surface area (Å²) in [5, 5.41) is 20.0. The molecule has 0 bridgehead atoms. The van der Waals surface area contributed by atoms with Crippen LogP contribution in [0.3, 0.4) is 0 Å². The van der Waals surface area contributed by atoms with Crippen LogP contribution in [-0.4, -0.2) is 16.6 Å². The molecule has 1 aromatic carbocycles. The number of nitrogens with zero attached hydrogens (tertiary/aromatic N) is 1. The maximum absolute atomic E-state index is 10.8. The van der Waals surface area contributed by atoms with Crippen molar-refractivity contribution in [3.05, 3.63) is 46.5 Å². The molecule has 0 aliphatic heterocycles. The van der Waals surface area contributed by atoms with Crippen LogP contribution in [0.2, 0.25) is 0 Å². The van der Waals surface area contributed by atoms with Gasteiger partial charge in [0, 0.05) is 6.07 Å². The Hall–Kier alpha value is -1.88. The van der Waals surface area contributed by atoms with Crippen molar-refractivity contribution in [2.45, 2.75) is 58.0 Å². The van der Waals surface area contributed by atoms with Gasteiger partial charge in [0.25, 0.3) is 5.69 Å². The molecule has 1 rings (SSSR count). The molecule has 5 heteroatoms. The largest absolute Gasteiger partial charge is 0.494 e. The molecule has 0 aliphatic carbocycles. The number of allylic oxidation sites excluding steroid dienone is 1. The molecule has 5 nitrogen and oxygen atoms in total. The van der Waals surface area contributed by atoms with E-state index in [-0.39, 0.29) is 17.9 Å². The number of nitro groups is 1. The molecule has 0 saturated carbocycles. The predicted molar refractivity (Wildman–Crippen MR) is 91.6 cm³/mol. The van der Waals surface area contributed by atoms with E-state index in [9.17, 15) is 15.2 Å². The molecular weight excluding hydrogens is 294 g/mol. The van der Waals surface area contributed by atoms with Gasteiger partial charge in [-0.1, -0.05) is 38.2 Å². The summed E-state index contributed by atoms with van der Waals surface area (Å²) in [6.07, 6.45) is 11.4. The highest BCUT2D eigenvalue weighted by atomic mass is 16.6. The first-order chi connectivity index (χ1) is 11.2. The summed E-state index contributed by atoms with van der Waals surface area (Å²) >= 11 is 0. The van der Waals surface area contributed by atoms with Crippen molar-refractivity contribution < 1.29 is 14.8 Å². The Morgan fingerprint density at radius 3 is 2.39 bits per heavy atom. The molecule has 0 heterocycles. The molecule has 0 spiro atoms. The van der Waals surface area contributed by atoms with Crippen LogP contribution in [0, 0.1) is 10.1 Å². The minimum Gasteiger partial charge on any atom is -0.494 e. The zero-order valence-electron chi connectivity index (χ0n) is 13.7. The van der Waals surface area contributed by atoms with Crippen molar-refractivity contribution in [3.8, 4) is 5.75 Å². The number of ether oxygens (including phenoxy) is 1. The Kier molecular flexibility index (Phi) is 9.71. The van der Waals surface area contributed by atoms with Gasteiger partial charge >= 0.3 is 0 Å². The molecule has 0 radical (unpaired) electrons. The molecular formula is C18H27NO4. The van der Waals surface area contributed by atoms with Crippen molar-refractivity contribution in [3.63, 3.8) is 0 Å². The van der Waals surface area contributed by atoms with Gasteiger partial charge in [-0.05, 0) is 31.4 Å². The van der Waals surface area contributed by atoms with Gasteiger partial charge in [0.1, 0.15) is 5.75 Å². The number of benzene rings is 1. The molecule has 128 valence electrons. The Morgan fingerprint density at radius 1 is 1.13 bits per heavy atom. The maximum atomic E-state index is 10.8. The average Bonchev–Trinajstić information content (AvgIpc) is 2.56. The number of aliphatic hydroxyl groups excluding tert-OH is 1. The molecule has 0 saturated heterocycles. The smallest absolute Gasteiger partial charge is 0.275 e. The zero-order valence-corrected chi connectivity index (χ0v) is 13.7. The van der Waals surface area contributed by atoms with E-state index in [2.05, 4.69) is 6.58 Å². The van der Waals surface area contributed by atoms with Crippen LogP contribution in [0.15, 0.2) is 30.9 Å².